The van der Waals surface area contributed by atoms with Crippen LogP contribution in [0.3, 0.4) is 0 Å². The number of nitrogens with zero attached hydrogens (tertiary/aromatic N) is 2. The average Bonchev–Trinajstić information content (AvgIpc) is 3.12. The van der Waals surface area contributed by atoms with Crippen LogP contribution in [0.4, 0.5) is 15.9 Å². The standard InChI is InChI=1S/C26H26FN4O6P/c1-15-19(8-16-9-22(36-2)26(23(10-16)37-3)30-14-38(33,34)35)18-5-4-17(27)11-21(18)20(15)12-25(32)31-24-13-28-6-7-29-24/h4-11,13,30H,12,14H2,1-3H3,(H,29,31,32)(H2,33,34,35)/b19-8-. The van der Waals surface area contributed by atoms with E-state index in [0.717, 1.165) is 16.7 Å². The minimum atomic E-state index is -4.33. The third kappa shape index (κ3) is 6.08. The normalized spacial score (nSPS) is 13.9. The number of benzene rings is 2. The van der Waals surface area contributed by atoms with Crippen LogP contribution in [-0.2, 0) is 9.36 Å². The maximum Gasteiger partial charge on any atom is 0.344 e. The molecule has 0 fully saturated rings. The van der Waals surface area contributed by atoms with Crippen molar-refractivity contribution < 1.29 is 33.0 Å². The summed E-state index contributed by atoms with van der Waals surface area (Å²) in [5.74, 6) is 0.198. The maximum absolute atomic E-state index is 14.2. The number of hydrogen-bond donors (Lipinski definition) is 4. The number of nitrogens with one attached hydrogen (secondary N) is 2. The Bertz CT molecular complexity index is 1460. The van der Waals surface area contributed by atoms with E-state index in [9.17, 15) is 23.5 Å². The fourth-order valence-corrected chi connectivity index (χ4v) is 4.60. The van der Waals surface area contributed by atoms with Crippen molar-refractivity contribution in [3.8, 4) is 11.5 Å². The molecule has 0 aliphatic heterocycles. The van der Waals surface area contributed by atoms with Crippen LogP contribution in [0.2, 0.25) is 0 Å². The Morgan fingerprint density at radius 2 is 1.82 bits per heavy atom. The van der Waals surface area contributed by atoms with E-state index in [4.69, 9.17) is 9.47 Å². The zero-order valence-corrected chi connectivity index (χ0v) is 21.8. The van der Waals surface area contributed by atoms with E-state index in [2.05, 4.69) is 20.6 Å². The number of aromatic nitrogens is 2. The lowest BCUT2D eigenvalue weighted by Crippen LogP contribution is -2.13. The van der Waals surface area contributed by atoms with Crippen molar-refractivity contribution in [1.29, 1.82) is 0 Å². The molecule has 10 nitrogen and oxygen atoms in total. The SMILES string of the molecule is COc1cc(/C=C2/C(C)=C(CC(=O)Nc3cnccn3)c3cc(F)ccc32)cc(OC)c1NCP(=O)(O)O. The van der Waals surface area contributed by atoms with E-state index in [1.165, 1.54) is 44.9 Å². The van der Waals surface area contributed by atoms with Gasteiger partial charge in [0.05, 0.1) is 26.8 Å². The molecule has 0 atom stereocenters. The molecule has 1 heterocycles. The number of allylic oxidation sites excluding steroid dienone is 2. The molecule has 198 valence electrons. The first-order chi connectivity index (χ1) is 18.1. The van der Waals surface area contributed by atoms with E-state index < -0.39 is 19.7 Å². The molecule has 1 aromatic heterocycles. The summed E-state index contributed by atoms with van der Waals surface area (Å²) in [5.41, 5.74) is 4.57. The summed E-state index contributed by atoms with van der Waals surface area (Å²) in [7, 11) is -1.47. The molecule has 1 aliphatic carbocycles. The number of ether oxygens (including phenoxy) is 2. The Morgan fingerprint density at radius 1 is 1.11 bits per heavy atom. The number of carbonyl (C=O) groups is 1. The first-order valence-electron chi connectivity index (χ1n) is 11.4. The molecule has 0 spiro atoms. The number of rotatable bonds is 9. The van der Waals surface area contributed by atoms with Crippen molar-refractivity contribution in [1.82, 2.24) is 9.97 Å². The van der Waals surface area contributed by atoms with Crippen molar-refractivity contribution >= 4 is 42.2 Å². The lowest BCUT2D eigenvalue weighted by atomic mass is 10.00. The molecule has 2 aromatic carbocycles. The lowest BCUT2D eigenvalue weighted by molar-refractivity contribution is -0.115. The van der Waals surface area contributed by atoms with E-state index in [1.54, 1.807) is 18.2 Å². The van der Waals surface area contributed by atoms with Crippen LogP contribution >= 0.6 is 7.60 Å². The summed E-state index contributed by atoms with van der Waals surface area (Å²) in [6.45, 7) is 1.86. The van der Waals surface area contributed by atoms with Crippen LogP contribution in [-0.4, -0.2) is 46.2 Å². The Kier molecular flexibility index (Phi) is 7.91. The van der Waals surface area contributed by atoms with Crippen molar-refractivity contribution in [3.63, 3.8) is 0 Å². The third-order valence-corrected chi connectivity index (χ3v) is 6.49. The Balaban J connectivity index is 1.73. The van der Waals surface area contributed by atoms with Gasteiger partial charge >= 0.3 is 7.60 Å². The van der Waals surface area contributed by atoms with Crippen LogP contribution < -0.4 is 20.1 Å². The summed E-state index contributed by atoms with van der Waals surface area (Å²) in [6, 6.07) is 7.80. The van der Waals surface area contributed by atoms with Gasteiger partial charge in [-0.15, -0.1) is 0 Å². The van der Waals surface area contributed by atoms with Gasteiger partial charge in [-0.3, -0.25) is 14.3 Å². The highest BCUT2D eigenvalue weighted by Gasteiger charge is 2.26. The average molecular weight is 540 g/mol. The van der Waals surface area contributed by atoms with Crippen LogP contribution in [0.25, 0.3) is 17.2 Å². The van der Waals surface area contributed by atoms with E-state index >= 15 is 0 Å². The van der Waals surface area contributed by atoms with Crippen LogP contribution in [0.1, 0.15) is 30.0 Å². The zero-order valence-electron chi connectivity index (χ0n) is 20.9. The largest absolute Gasteiger partial charge is 0.494 e. The fourth-order valence-electron chi connectivity index (χ4n) is 4.23. The summed E-state index contributed by atoms with van der Waals surface area (Å²) >= 11 is 0. The molecule has 0 unspecified atom stereocenters. The van der Waals surface area contributed by atoms with E-state index in [0.29, 0.717) is 39.7 Å². The highest BCUT2D eigenvalue weighted by Crippen LogP contribution is 2.45. The third-order valence-electron chi connectivity index (χ3n) is 5.92. The van der Waals surface area contributed by atoms with Crippen molar-refractivity contribution in [2.75, 3.05) is 31.1 Å². The van der Waals surface area contributed by atoms with Gasteiger partial charge in [-0.05, 0) is 70.7 Å². The van der Waals surface area contributed by atoms with Gasteiger partial charge in [0.25, 0.3) is 0 Å². The second-order valence-corrected chi connectivity index (χ2v) is 10.1. The number of carbonyl (C=O) groups excluding carboxylic acids is 1. The highest BCUT2D eigenvalue weighted by atomic mass is 31.2. The minimum absolute atomic E-state index is 0.00588. The molecule has 0 saturated carbocycles. The summed E-state index contributed by atoms with van der Waals surface area (Å²) in [6.07, 6.45) is 5.66. The molecule has 1 aliphatic rings. The molecular weight excluding hydrogens is 514 g/mol. The monoisotopic (exact) mass is 540 g/mol. The Labute approximate surface area is 218 Å². The number of halogens is 1. The molecule has 1 amide bonds. The molecule has 0 bridgehead atoms. The predicted molar refractivity (Wildman–Crippen MR) is 142 cm³/mol. The fraction of sp³-hybridized carbons (Fsp3) is 0.192. The molecule has 0 radical (unpaired) electrons. The van der Waals surface area contributed by atoms with Gasteiger partial charge in [-0.1, -0.05) is 6.07 Å². The van der Waals surface area contributed by atoms with Crippen LogP contribution in [0.15, 0.2) is 54.5 Å². The Hall–Kier alpha value is -4.05. The molecular formula is C26H26FN4O6P. The molecule has 4 N–H and O–H groups in total. The van der Waals surface area contributed by atoms with Gasteiger partial charge in [0.2, 0.25) is 5.91 Å². The second kappa shape index (κ2) is 11.1. The first kappa shape index (κ1) is 27.0. The summed E-state index contributed by atoms with van der Waals surface area (Å²) < 4.78 is 36.5. The second-order valence-electron chi connectivity index (χ2n) is 8.47. The quantitative estimate of drug-likeness (QED) is 0.288. The van der Waals surface area contributed by atoms with Crippen LogP contribution in [0, 0.1) is 5.82 Å². The first-order valence-corrected chi connectivity index (χ1v) is 13.2. The van der Waals surface area contributed by atoms with Gasteiger partial charge in [0.15, 0.2) is 5.82 Å². The van der Waals surface area contributed by atoms with Crippen molar-refractivity contribution in [2.24, 2.45) is 0 Å². The lowest BCUT2D eigenvalue weighted by Gasteiger charge is -2.17. The van der Waals surface area contributed by atoms with Gasteiger partial charge in [0, 0.05) is 12.4 Å². The van der Waals surface area contributed by atoms with E-state index in [-0.39, 0.29) is 12.3 Å². The molecule has 4 rings (SSSR count). The predicted octanol–water partition coefficient (Wildman–Crippen LogP) is 4.54. The number of methoxy groups -OCH3 is 2. The summed E-state index contributed by atoms with van der Waals surface area (Å²) in [5, 5.41) is 5.39. The Morgan fingerprint density at radius 3 is 2.42 bits per heavy atom. The number of amides is 1. The van der Waals surface area contributed by atoms with Gasteiger partial charge in [0.1, 0.15) is 29.3 Å². The molecule has 38 heavy (non-hydrogen) atoms. The molecule has 0 saturated heterocycles. The topological polar surface area (TPSA) is 143 Å². The number of fused-ring (bicyclic) bond motifs is 1. The van der Waals surface area contributed by atoms with Gasteiger partial charge in [-0.25, -0.2) is 9.37 Å². The maximum atomic E-state index is 14.2. The van der Waals surface area contributed by atoms with E-state index in [1.807, 2.05) is 13.0 Å². The van der Waals surface area contributed by atoms with Crippen molar-refractivity contribution in [2.45, 2.75) is 13.3 Å². The van der Waals surface area contributed by atoms with Crippen molar-refractivity contribution in [3.05, 3.63) is 77.0 Å². The number of hydrogen-bond acceptors (Lipinski definition) is 7. The summed E-state index contributed by atoms with van der Waals surface area (Å²) in [4.78, 5) is 39.3. The molecule has 12 heteroatoms. The van der Waals surface area contributed by atoms with Gasteiger partial charge < -0.3 is 29.9 Å². The van der Waals surface area contributed by atoms with Gasteiger partial charge in [-0.2, -0.15) is 0 Å². The highest BCUT2D eigenvalue weighted by molar-refractivity contribution is 7.51. The van der Waals surface area contributed by atoms with Crippen LogP contribution in [0.5, 0.6) is 11.5 Å². The smallest absolute Gasteiger partial charge is 0.344 e. The molecule has 3 aromatic rings. The minimum Gasteiger partial charge on any atom is -0.494 e. The number of anilines is 2. The zero-order chi connectivity index (χ0) is 27.4.